The van der Waals surface area contributed by atoms with Crippen LogP contribution in [0, 0.1) is 5.41 Å². The molecule has 1 unspecified atom stereocenters. The van der Waals surface area contributed by atoms with Crippen LogP contribution in [0.1, 0.15) is 38.8 Å². The van der Waals surface area contributed by atoms with Crippen molar-refractivity contribution in [2.75, 3.05) is 21.3 Å². The molecule has 0 fully saturated rings. The summed E-state index contributed by atoms with van der Waals surface area (Å²) in [5, 5.41) is 0. The Bertz CT molecular complexity index is 424. The minimum atomic E-state index is -0.102. The van der Waals surface area contributed by atoms with Crippen molar-refractivity contribution in [3.8, 4) is 17.2 Å². The van der Waals surface area contributed by atoms with Crippen molar-refractivity contribution in [2.45, 2.75) is 33.2 Å². The molecular weight excluding hydrogens is 242 g/mol. The molecule has 108 valence electrons. The molecule has 0 radical (unpaired) electrons. The maximum Gasteiger partial charge on any atom is 0.203 e. The number of nitrogens with two attached hydrogens (primary N) is 1. The van der Waals surface area contributed by atoms with Crippen LogP contribution in [-0.2, 0) is 0 Å². The van der Waals surface area contributed by atoms with Crippen molar-refractivity contribution >= 4 is 0 Å². The predicted octanol–water partition coefficient (Wildman–Crippen LogP) is 3.15. The number of methoxy groups -OCH3 is 3. The Balaban J connectivity index is 3.21. The van der Waals surface area contributed by atoms with Crippen molar-refractivity contribution in [3.05, 3.63) is 17.7 Å². The molecule has 0 aliphatic heterocycles. The largest absolute Gasteiger partial charge is 0.493 e. The summed E-state index contributed by atoms with van der Waals surface area (Å²) in [7, 11) is 4.82. The highest BCUT2D eigenvalue weighted by Crippen LogP contribution is 2.43. The first kappa shape index (κ1) is 15.6. The van der Waals surface area contributed by atoms with Gasteiger partial charge in [-0.3, -0.25) is 0 Å². The minimum Gasteiger partial charge on any atom is -0.493 e. The summed E-state index contributed by atoms with van der Waals surface area (Å²) >= 11 is 0. The zero-order valence-corrected chi connectivity index (χ0v) is 12.7. The van der Waals surface area contributed by atoms with E-state index in [0.717, 1.165) is 12.0 Å². The van der Waals surface area contributed by atoms with Crippen molar-refractivity contribution in [1.29, 1.82) is 0 Å². The van der Waals surface area contributed by atoms with E-state index < -0.39 is 0 Å². The molecule has 1 aromatic rings. The van der Waals surface area contributed by atoms with Gasteiger partial charge in [0.05, 0.1) is 21.3 Å². The highest BCUT2D eigenvalue weighted by molar-refractivity contribution is 5.56. The molecule has 4 heteroatoms. The first-order chi connectivity index (χ1) is 8.84. The topological polar surface area (TPSA) is 53.7 Å². The second kappa shape index (κ2) is 6.15. The Morgan fingerprint density at radius 1 is 1.00 bits per heavy atom. The van der Waals surface area contributed by atoms with Gasteiger partial charge >= 0.3 is 0 Å². The highest BCUT2D eigenvalue weighted by Gasteiger charge is 2.23. The van der Waals surface area contributed by atoms with E-state index >= 15 is 0 Å². The van der Waals surface area contributed by atoms with Gasteiger partial charge < -0.3 is 19.9 Å². The Morgan fingerprint density at radius 3 is 2.00 bits per heavy atom. The van der Waals surface area contributed by atoms with Gasteiger partial charge in [-0.05, 0) is 24.0 Å². The maximum atomic E-state index is 6.30. The smallest absolute Gasteiger partial charge is 0.203 e. The summed E-state index contributed by atoms with van der Waals surface area (Å²) in [6, 6.07) is 3.70. The Hall–Kier alpha value is -1.42. The number of benzene rings is 1. The van der Waals surface area contributed by atoms with E-state index in [1.807, 2.05) is 12.1 Å². The Kier molecular flexibility index (Phi) is 5.06. The fourth-order valence-electron chi connectivity index (χ4n) is 2.19. The quantitative estimate of drug-likeness (QED) is 0.890. The van der Waals surface area contributed by atoms with Crippen LogP contribution in [0.5, 0.6) is 17.2 Å². The molecule has 0 aromatic heterocycles. The summed E-state index contributed by atoms with van der Waals surface area (Å²) in [6.45, 7) is 6.50. The van der Waals surface area contributed by atoms with Crippen LogP contribution in [-0.4, -0.2) is 21.3 Å². The molecule has 2 N–H and O–H groups in total. The van der Waals surface area contributed by atoms with E-state index in [1.54, 1.807) is 21.3 Å². The molecule has 0 saturated heterocycles. The Labute approximate surface area is 115 Å². The van der Waals surface area contributed by atoms with Gasteiger partial charge in [-0.15, -0.1) is 0 Å². The number of hydrogen-bond donors (Lipinski definition) is 1. The summed E-state index contributed by atoms with van der Waals surface area (Å²) in [6.07, 6.45) is 0.860. The van der Waals surface area contributed by atoms with Crippen LogP contribution < -0.4 is 19.9 Å². The van der Waals surface area contributed by atoms with Gasteiger partial charge in [0.1, 0.15) is 0 Å². The van der Waals surface area contributed by atoms with Crippen molar-refractivity contribution in [2.24, 2.45) is 11.1 Å². The molecular formula is C15H25NO3. The number of rotatable bonds is 5. The molecule has 0 amide bonds. The van der Waals surface area contributed by atoms with Gasteiger partial charge in [0.2, 0.25) is 5.75 Å². The van der Waals surface area contributed by atoms with Crippen molar-refractivity contribution in [1.82, 2.24) is 0 Å². The van der Waals surface area contributed by atoms with Gasteiger partial charge in [-0.2, -0.15) is 0 Å². The summed E-state index contributed by atoms with van der Waals surface area (Å²) < 4.78 is 16.1. The third kappa shape index (κ3) is 3.77. The fraction of sp³-hybridized carbons (Fsp3) is 0.600. The molecule has 1 atom stereocenters. The number of ether oxygens (including phenoxy) is 3. The average molecular weight is 267 g/mol. The lowest BCUT2D eigenvalue weighted by atomic mass is 9.85. The van der Waals surface area contributed by atoms with E-state index in [4.69, 9.17) is 19.9 Å². The first-order valence-corrected chi connectivity index (χ1v) is 6.38. The minimum absolute atomic E-state index is 0.102. The lowest BCUT2D eigenvalue weighted by Gasteiger charge is -2.25. The summed E-state index contributed by atoms with van der Waals surface area (Å²) in [5.74, 6) is 1.89. The maximum absolute atomic E-state index is 6.30. The normalized spacial score (nSPS) is 13.0. The molecule has 0 heterocycles. The SMILES string of the molecule is COc1ccc(C(N)CC(C)(C)C)c(OC)c1OC. The molecule has 19 heavy (non-hydrogen) atoms. The van der Waals surface area contributed by atoms with Gasteiger partial charge in [0, 0.05) is 11.6 Å². The lowest BCUT2D eigenvalue weighted by molar-refractivity contribution is 0.310. The molecule has 1 aromatic carbocycles. The molecule has 0 aliphatic rings. The van der Waals surface area contributed by atoms with Crippen molar-refractivity contribution < 1.29 is 14.2 Å². The van der Waals surface area contributed by atoms with Crippen LogP contribution in [0.4, 0.5) is 0 Å². The van der Waals surface area contributed by atoms with E-state index in [9.17, 15) is 0 Å². The van der Waals surface area contributed by atoms with Crippen LogP contribution in [0.3, 0.4) is 0 Å². The van der Waals surface area contributed by atoms with E-state index in [0.29, 0.717) is 17.2 Å². The monoisotopic (exact) mass is 267 g/mol. The standard InChI is InChI=1S/C15H25NO3/c1-15(2,3)9-11(16)10-7-8-12(17-4)14(19-6)13(10)18-5/h7-8,11H,9,16H2,1-6H3. The number of hydrogen-bond acceptors (Lipinski definition) is 4. The van der Waals surface area contributed by atoms with Crippen LogP contribution in [0.2, 0.25) is 0 Å². The average Bonchev–Trinajstić information content (AvgIpc) is 2.34. The highest BCUT2D eigenvalue weighted by atomic mass is 16.5. The first-order valence-electron chi connectivity index (χ1n) is 6.38. The van der Waals surface area contributed by atoms with Gasteiger partial charge in [-0.1, -0.05) is 20.8 Å². The molecule has 0 bridgehead atoms. The fourth-order valence-corrected chi connectivity index (χ4v) is 2.19. The molecule has 4 nitrogen and oxygen atoms in total. The third-order valence-corrected chi connectivity index (χ3v) is 2.97. The zero-order valence-electron chi connectivity index (χ0n) is 12.7. The van der Waals surface area contributed by atoms with Crippen molar-refractivity contribution in [3.63, 3.8) is 0 Å². The predicted molar refractivity (Wildman–Crippen MR) is 77.1 cm³/mol. The zero-order chi connectivity index (χ0) is 14.6. The van der Waals surface area contributed by atoms with Crippen LogP contribution in [0.15, 0.2) is 12.1 Å². The van der Waals surface area contributed by atoms with Crippen LogP contribution in [0.25, 0.3) is 0 Å². The van der Waals surface area contributed by atoms with E-state index in [-0.39, 0.29) is 11.5 Å². The van der Waals surface area contributed by atoms with E-state index in [2.05, 4.69) is 20.8 Å². The molecule has 0 aliphatic carbocycles. The molecule has 0 saturated carbocycles. The van der Waals surface area contributed by atoms with Crippen LogP contribution >= 0.6 is 0 Å². The third-order valence-electron chi connectivity index (χ3n) is 2.97. The van der Waals surface area contributed by atoms with Gasteiger partial charge in [0.25, 0.3) is 0 Å². The van der Waals surface area contributed by atoms with Gasteiger partial charge in [-0.25, -0.2) is 0 Å². The second-order valence-corrected chi connectivity index (χ2v) is 5.79. The molecule has 0 spiro atoms. The lowest BCUT2D eigenvalue weighted by Crippen LogP contribution is -2.19. The summed E-state index contributed by atoms with van der Waals surface area (Å²) in [4.78, 5) is 0. The van der Waals surface area contributed by atoms with E-state index in [1.165, 1.54) is 0 Å². The second-order valence-electron chi connectivity index (χ2n) is 5.79. The molecule has 1 rings (SSSR count). The summed E-state index contributed by atoms with van der Waals surface area (Å²) in [5.41, 5.74) is 7.39. The Morgan fingerprint density at radius 2 is 1.58 bits per heavy atom. The van der Waals surface area contributed by atoms with Gasteiger partial charge in [0.15, 0.2) is 11.5 Å².